The van der Waals surface area contributed by atoms with Crippen LogP contribution in [-0.4, -0.2) is 49.6 Å². The molecule has 0 aromatic heterocycles. The Labute approximate surface area is 201 Å². The maximum Gasteiger partial charge on any atom is 0.306 e. The van der Waals surface area contributed by atoms with Crippen molar-refractivity contribution in [1.29, 1.82) is 0 Å². The van der Waals surface area contributed by atoms with Crippen LogP contribution in [0.25, 0.3) is 0 Å². The molecule has 1 atom stereocenters. The summed E-state index contributed by atoms with van der Waals surface area (Å²) in [5, 5.41) is 14.9. The fraction of sp³-hybridized carbons (Fsp3) is 0.500. The van der Waals surface area contributed by atoms with E-state index in [4.69, 9.17) is 21.1 Å². The van der Waals surface area contributed by atoms with Gasteiger partial charge in [-0.1, -0.05) is 24.6 Å². The SMILES string of the molecule is COC(=O)CC(C)c1ccc(N(CC(C)(C)O)C2CCOCC2)c(Nc2ccc(Cl)cc2)c1. The Kier molecular flexibility index (Phi) is 8.63. The Balaban J connectivity index is 2.02. The fourth-order valence-electron chi connectivity index (χ4n) is 4.18. The van der Waals surface area contributed by atoms with Crippen molar-refractivity contribution in [1.82, 2.24) is 0 Å². The molecule has 1 saturated heterocycles. The number of esters is 1. The van der Waals surface area contributed by atoms with E-state index in [1.165, 1.54) is 7.11 Å². The van der Waals surface area contributed by atoms with Gasteiger partial charge in [0.05, 0.1) is 30.5 Å². The van der Waals surface area contributed by atoms with Crippen molar-refractivity contribution in [3.63, 3.8) is 0 Å². The number of methoxy groups -OCH3 is 1. The quantitative estimate of drug-likeness (QED) is 0.467. The number of nitrogens with one attached hydrogen (secondary N) is 1. The van der Waals surface area contributed by atoms with Crippen molar-refractivity contribution >= 4 is 34.6 Å². The molecular formula is C26H35ClN2O4. The van der Waals surface area contributed by atoms with Crippen molar-refractivity contribution in [2.75, 3.05) is 37.1 Å². The van der Waals surface area contributed by atoms with Gasteiger partial charge in [0.2, 0.25) is 0 Å². The molecule has 2 aromatic carbocycles. The van der Waals surface area contributed by atoms with Gasteiger partial charge in [0, 0.05) is 36.5 Å². The first kappa shape index (κ1) is 25.3. The maximum absolute atomic E-state index is 11.8. The van der Waals surface area contributed by atoms with E-state index >= 15 is 0 Å². The van der Waals surface area contributed by atoms with Gasteiger partial charge in [0.25, 0.3) is 0 Å². The highest BCUT2D eigenvalue weighted by atomic mass is 35.5. The maximum atomic E-state index is 11.8. The first-order valence-electron chi connectivity index (χ1n) is 11.5. The van der Waals surface area contributed by atoms with E-state index in [1.807, 2.05) is 45.0 Å². The van der Waals surface area contributed by atoms with Crippen molar-refractivity contribution in [2.45, 2.75) is 57.6 Å². The monoisotopic (exact) mass is 474 g/mol. The van der Waals surface area contributed by atoms with Crippen LogP contribution in [0.4, 0.5) is 17.1 Å². The van der Waals surface area contributed by atoms with E-state index in [0.717, 1.165) is 35.5 Å². The standard InChI is InChI=1S/C26H35ClN2O4/c1-18(15-25(30)32-4)19-5-10-24(23(16-19)28-21-8-6-20(27)7-9-21)29(17-26(2,3)31)22-11-13-33-14-12-22/h5-10,16,18,22,28,31H,11-15,17H2,1-4H3. The van der Waals surface area contributed by atoms with Crippen LogP contribution in [0.5, 0.6) is 0 Å². The first-order chi connectivity index (χ1) is 15.7. The number of halogens is 1. The van der Waals surface area contributed by atoms with Crippen molar-refractivity contribution in [3.8, 4) is 0 Å². The van der Waals surface area contributed by atoms with Crippen molar-refractivity contribution in [3.05, 3.63) is 53.1 Å². The summed E-state index contributed by atoms with van der Waals surface area (Å²) < 4.78 is 10.5. The molecule has 3 rings (SSSR count). The average molecular weight is 475 g/mol. The molecular weight excluding hydrogens is 440 g/mol. The number of rotatable bonds is 9. The summed E-state index contributed by atoms with van der Waals surface area (Å²) in [6.45, 7) is 7.59. The van der Waals surface area contributed by atoms with Crippen LogP contribution in [0, 0.1) is 0 Å². The first-order valence-corrected chi connectivity index (χ1v) is 11.8. The lowest BCUT2D eigenvalue weighted by atomic mass is 9.95. The minimum atomic E-state index is -0.868. The van der Waals surface area contributed by atoms with Gasteiger partial charge in [0.1, 0.15) is 0 Å². The van der Waals surface area contributed by atoms with E-state index in [1.54, 1.807) is 0 Å². The van der Waals surface area contributed by atoms with E-state index in [9.17, 15) is 9.90 Å². The third kappa shape index (κ3) is 7.36. The van der Waals surface area contributed by atoms with E-state index < -0.39 is 5.60 Å². The summed E-state index contributed by atoms with van der Waals surface area (Å²) >= 11 is 6.08. The number of aliphatic hydroxyl groups is 1. The van der Waals surface area contributed by atoms with Crippen LogP contribution in [0.1, 0.15) is 51.5 Å². The minimum absolute atomic E-state index is 0.00285. The van der Waals surface area contributed by atoms with Crippen molar-refractivity contribution in [2.24, 2.45) is 0 Å². The third-order valence-electron chi connectivity index (χ3n) is 5.91. The molecule has 2 N–H and O–H groups in total. The fourth-order valence-corrected chi connectivity index (χ4v) is 4.30. The van der Waals surface area contributed by atoms with Crippen molar-refractivity contribution < 1.29 is 19.4 Å². The Morgan fingerprint density at radius 3 is 2.52 bits per heavy atom. The number of anilines is 3. The van der Waals surface area contributed by atoms with Crippen LogP contribution < -0.4 is 10.2 Å². The molecule has 0 aliphatic carbocycles. The zero-order valence-electron chi connectivity index (χ0n) is 19.9. The Morgan fingerprint density at radius 2 is 1.91 bits per heavy atom. The summed E-state index contributed by atoms with van der Waals surface area (Å²) in [7, 11) is 1.41. The van der Waals surface area contributed by atoms with Gasteiger partial charge in [-0.3, -0.25) is 4.79 Å². The lowest BCUT2D eigenvalue weighted by molar-refractivity contribution is -0.140. The molecule has 1 aliphatic rings. The number of hydrogen-bond acceptors (Lipinski definition) is 6. The van der Waals surface area contributed by atoms with Crippen LogP contribution in [0.15, 0.2) is 42.5 Å². The molecule has 1 fully saturated rings. The zero-order chi connectivity index (χ0) is 24.0. The van der Waals surface area contributed by atoms with Crippen LogP contribution in [0.3, 0.4) is 0 Å². The molecule has 0 spiro atoms. The molecule has 1 unspecified atom stereocenters. The van der Waals surface area contributed by atoms with E-state index in [0.29, 0.717) is 31.2 Å². The van der Waals surface area contributed by atoms with Gasteiger partial charge in [-0.05, 0) is 74.6 Å². The highest BCUT2D eigenvalue weighted by Gasteiger charge is 2.29. The summed E-state index contributed by atoms with van der Waals surface area (Å²) in [5.74, 6) is -0.229. The average Bonchev–Trinajstić information content (AvgIpc) is 2.79. The van der Waals surface area contributed by atoms with Gasteiger partial charge < -0.3 is 24.8 Å². The summed E-state index contributed by atoms with van der Waals surface area (Å²) in [6, 6.07) is 14.1. The van der Waals surface area contributed by atoms with Gasteiger partial charge >= 0.3 is 5.97 Å². The Morgan fingerprint density at radius 1 is 1.24 bits per heavy atom. The number of hydrogen-bond donors (Lipinski definition) is 2. The number of carbonyl (C=O) groups is 1. The largest absolute Gasteiger partial charge is 0.469 e. The second-order valence-electron chi connectivity index (χ2n) is 9.37. The molecule has 33 heavy (non-hydrogen) atoms. The van der Waals surface area contributed by atoms with E-state index in [2.05, 4.69) is 28.4 Å². The minimum Gasteiger partial charge on any atom is -0.469 e. The molecule has 6 nitrogen and oxygen atoms in total. The predicted molar refractivity (Wildman–Crippen MR) is 134 cm³/mol. The lowest BCUT2D eigenvalue weighted by Crippen LogP contribution is -2.47. The topological polar surface area (TPSA) is 71.0 Å². The molecule has 1 aliphatic heterocycles. The summed E-state index contributed by atoms with van der Waals surface area (Å²) in [5.41, 5.74) is 3.01. The Bertz CT molecular complexity index is 921. The predicted octanol–water partition coefficient (Wildman–Crippen LogP) is 5.51. The number of benzene rings is 2. The van der Waals surface area contributed by atoms with Gasteiger partial charge in [-0.2, -0.15) is 0 Å². The Hall–Kier alpha value is -2.28. The van der Waals surface area contributed by atoms with Gasteiger partial charge in [-0.15, -0.1) is 0 Å². The summed E-state index contributed by atoms with van der Waals surface area (Å²) in [6.07, 6.45) is 2.11. The molecule has 180 valence electrons. The molecule has 0 radical (unpaired) electrons. The zero-order valence-corrected chi connectivity index (χ0v) is 20.7. The molecule has 1 heterocycles. The molecule has 0 bridgehead atoms. The second kappa shape index (κ2) is 11.2. The van der Waals surface area contributed by atoms with Crippen LogP contribution in [0.2, 0.25) is 5.02 Å². The molecule has 0 saturated carbocycles. The van der Waals surface area contributed by atoms with E-state index in [-0.39, 0.29) is 17.9 Å². The third-order valence-corrected chi connectivity index (χ3v) is 6.16. The summed E-state index contributed by atoms with van der Waals surface area (Å²) in [4.78, 5) is 14.1. The number of nitrogens with zero attached hydrogens (tertiary/aromatic N) is 1. The highest BCUT2D eigenvalue weighted by Crippen LogP contribution is 2.36. The van der Waals surface area contributed by atoms with Gasteiger partial charge in [-0.25, -0.2) is 0 Å². The normalized spacial score (nSPS) is 15.7. The number of carbonyl (C=O) groups excluding carboxylic acids is 1. The van der Waals surface area contributed by atoms with Crippen LogP contribution >= 0.6 is 11.6 Å². The second-order valence-corrected chi connectivity index (χ2v) is 9.81. The number of ether oxygens (including phenoxy) is 2. The molecule has 2 aromatic rings. The van der Waals surface area contributed by atoms with Gasteiger partial charge in [0.15, 0.2) is 0 Å². The molecule has 7 heteroatoms. The lowest BCUT2D eigenvalue weighted by Gasteiger charge is -2.40. The smallest absolute Gasteiger partial charge is 0.306 e. The highest BCUT2D eigenvalue weighted by molar-refractivity contribution is 6.30. The van der Waals surface area contributed by atoms with Crippen LogP contribution in [-0.2, 0) is 14.3 Å². The molecule has 0 amide bonds.